The van der Waals surface area contributed by atoms with Crippen molar-refractivity contribution in [2.45, 2.75) is 44.2 Å². The van der Waals surface area contributed by atoms with Gasteiger partial charge >= 0.3 is 12.4 Å². The lowest BCUT2D eigenvalue weighted by atomic mass is 9.90. The third kappa shape index (κ3) is 5.81. The number of nitrogens with one attached hydrogen (secondary N) is 1. The number of nitrogens with zero attached hydrogens (tertiary/aromatic N) is 3. The zero-order valence-corrected chi connectivity index (χ0v) is 23.0. The van der Waals surface area contributed by atoms with E-state index in [0.717, 1.165) is 17.1 Å². The highest BCUT2D eigenvalue weighted by Gasteiger charge is 2.52. The van der Waals surface area contributed by atoms with Crippen molar-refractivity contribution in [3.05, 3.63) is 94.3 Å². The minimum atomic E-state index is -4.88. The first-order valence-electron chi connectivity index (χ1n) is 13.1. The first-order chi connectivity index (χ1) is 20.9. The van der Waals surface area contributed by atoms with Crippen molar-refractivity contribution < 1.29 is 54.2 Å². The van der Waals surface area contributed by atoms with Gasteiger partial charge in [0.1, 0.15) is 22.8 Å². The summed E-state index contributed by atoms with van der Waals surface area (Å²) in [4.78, 5) is 30.5. The predicted octanol–water partition coefficient (Wildman–Crippen LogP) is 6.77. The van der Waals surface area contributed by atoms with Crippen molar-refractivity contribution in [3.63, 3.8) is 0 Å². The third-order valence-electron chi connectivity index (χ3n) is 7.69. The Bertz CT molecular complexity index is 1720. The van der Waals surface area contributed by atoms with Crippen LogP contribution in [0.15, 0.2) is 60.0 Å². The molecule has 1 fully saturated rings. The molecule has 0 aliphatic carbocycles. The van der Waals surface area contributed by atoms with E-state index in [1.54, 1.807) is 0 Å². The van der Waals surface area contributed by atoms with Gasteiger partial charge in [-0.2, -0.15) is 26.3 Å². The molecular formula is C29H21F9N4O3. The molecule has 5 rings (SSSR count). The normalized spacial score (nSPS) is 19.2. The van der Waals surface area contributed by atoms with Crippen LogP contribution in [0.25, 0.3) is 11.1 Å². The van der Waals surface area contributed by atoms with Crippen molar-refractivity contribution >= 4 is 17.5 Å². The lowest BCUT2D eigenvalue weighted by Crippen LogP contribution is -2.60. The summed E-state index contributed by atoms with van der Waals surface area (Å²) >= 11 is 0. The molecule has 1 saturated heterocycles. The van der Waals surface area contributed by atoms with E-state index in [2.05, 4.69) is 10.3 Å². The van der Waals surface area contributed by atoms with Crippen LogP contribution < -0.4 is 5.32 Å². The molecule has 16 heteroatoms. The Kier molecular flexibility index (Phi) is 7.84. The van der Waals surface area contributed by atoms with E-state index in [0.29, 0.717) is 36.9 Å². The van der Waals surface area contributed by atoms with Crippen LogP contribution in [0.5, 0.6) is 0 Å². The summed E-state index contributed by atoms with van der Waals surface area (Å²) in [6.07, 6.45) is -8.47. The van der Waals surface area contributed by atoms with E-state index in [-0.39, 0.29) is 30.3 Å². The van der Waals surface area contributed by atoms with Crippen molar-refractivity contribution in [2.24, 2.45) is 0 Å². The molecule has 3 aromatic rings. The zero-order valence-electron chi connectivity index (χ0n) is 23.0. The number of aliphatic hydroxyl groups is 1. The molecule has 45 heavy (non-hydrogen) atoms. The fourth-order valence-electron chi connectivity index (χ4n) is 5.37. The number of rotatable bonds is 5. The molecular weight excluding hydrogens is 623 g/mol. The summed E-state index contributed by atoms with van der Waals surface area (Å²) in [5.74, 6) is -7.24. The smallest absolute Gasteiger partial charge is 0.433 e. The molecule has 7 nitrogen and oxygen atoms in total. The van der Waals surface area contributed by atoms with Gasteiger partial charge in [0, 0.05) is 41.2 Å². The molecule has 2 N–H and O–H groups in total. The van der Waals surface area contributed by atoms with Gasteiger partial charge in [0.2, 0.25) is 0 Å². The summed E-state index contributed by atoms with van der Waals surface area (Å²) in [6, 6.07) is 4.17. The zero-order chi connectivity index (χ0) is 33.1. The Labute approximate surface area is 248 Å². The van der Waals surface area contributed by atoms with Crippen LogP contribution in [0.3, 0.4) is 0 Å². The average Bonchev–Trinajstić information content (AvgIpc) is 3.36. The third-order valence-corrected chi connectivity index (χ3v) is 7.69. The van der Waals surface area contributed by atoms with Gasteiger partial charge < -0.3 is 10.4 Å². The number of pyridine rings is 1. The van der Waals surface area contributed by atoms with Gasteiger partial charge in [0.15, 0.2) is 11.6 Å². The Balaban J connectivity index is 1.54. The van der Waals surface area contributed by atoms with Crippen molar-refractivity contribution in [1.29, 1.82) is 0 Å². The van der Waals surface area contributed by atoms with Crippen molar-refractivity contribution in [1.82, 2.24) is 15.0 Å². The molecule has 2 aliphatic heterocycles. The number of benzene rings is 2. The average molecular weight is 644 g/mol. The van der Waals surface area contributed by atoms with Crippen LogP contribution in [0.4, 0.5) is 45.2 Å². The number of carbonyl (C=O) groups is 2. The number of carbonyl (C=O) groups excluding carboxylic acids is 2. The summed E-state index contributed by atoms with van der Waals surface area (Å²) in [5.41, 5.74) is -6.26. The number of aliphatic hydroxyl groups excluding tert-OH is 1. The van der Waals surface area contributed by atoms with Crippen molar-refractivity contribution in [2.75, 3.05) is 11.9 Å². The number of hydrogen-bond donors (Lipinski definition) is 2. The van der Waals surface area contributed by atoms with Gasteiger partial charge in [-0.15, -0.1) is 0 Å². The largest absolute Gasteiger partial charge is 0.509 e. The molecule has 3 heterocycles. The topological polar surface area (TPSA) is 85.8 Å². The molecule has 1 atom stereocenters. The monoisotopic (exact) mass is 644 g/mol. The predicted molar refractivity (Wildman–Crippen MR) is 139 cm³/mol. The number of amides is 2. The lowest BCUT2D eigenvalue weighted by molar-refractivity contribution is -0.160. The molecule has 0 saturated carbocycles. The van der Waals surface area contributed by atoms with Crippen LogP contribution in [0.2, 0.25) is 0 Å². The molecule has 2 amide bonds. The van der Waals surface area contributed by atoms with E-state index in [9.17, 15) is 54.2 Å². The van der Waals surface area contributed by atoms with Crippen molar-refractivity contribution in [3.8, 4) is 11.1 Å². The SMILES string of the molecule is C[C@]12CCCN1N(Cc1cc(F)c(F)cc1F)C(=O)C(C(=O)Nc1ccc(C(F)(F)F)cc1-c1ccc(C(F)(F)F)nc1)=C2O. The van der Waals surface area contributed by atoms with Gasteiger partial charge in [-0.3, -0.25) is 19.6 Å². The van der Waals surface area contributed by atoms with Gasteiger partial charge in [0.25, 0.3) is 11.8 Å². The molecule has 1 aromatic heterocycles. The molecule has 238 valence electrons. The molecule has 0 radical (unpaired) electrons. The number of hydrogen-bond acceptors (Lipinski definition) is 5. The Hall–Kier alpha value is -4.60. The number of fused-ring (bicyclic) bond motifs is 1. The maximum absolute atomic E-state index is 14.5. The van der Waals surface area contributed by atoms with Crippen LogP contribution in [-0.2, 0) is 28.5 Å². The Morgan fingerprint density at radius 1 is 0.978 bits per heavy atom. The van der Waals surface area contributed by atoms with E-state index in [1.165, 1.54) is 11.9 Å². The summed E-state index contributed by atoms with van der Waals surface area (Å²) in [6.45, 7) is 0.946. The van der Waals surface area contributed by atoms with E-state index in [4.69, 9.17) is 0 Å². The lowest BCUT2D eigenvalue weighted by Gasteiger charge is -2.46. The highest BCUT2D eigenvalue weighted by molar-refractivity contribution is 6.24. The van der Waals surface area contributed by atoms with Gasteiger partial charge in [-0.1, -0.05) is 6.07 Å². The second-order valence-electron chi connectivity index (χ2n) is 10.6. The molecule has 0 unspecified atom stereocenters. The maximum Gasteiger partial charge on any atom is 0.433 e. The molecule has 2 aliphatic rings. The fourth-order valence-corrected chi connectivity index (χ4v) is 5.37. The standard InChI is InChI=1S/C29H21F9N4O3/c1-27-7-2-8-42(27)41(13-15-9-19(31)20(32)11-18(15)30)26(45)23(24(27)43)25(44)40-21-5-4-16(28(33,34)35)10-17(21)14-3-6-22(39-12-14)29(36,37)38/h3-6,9-12,43H,2,7-8,13H2,1H3,(H,40,44)/t27-/m1/s1. The fraction of sp³-hybridized carbons (Fsp3) is 0.276. The Morgan fingerprint density at radius 3 is 2.29 bits per heavy atom. The second kappa shape index (κ2) is 11.1. The van der Waals surface area contributed by atoms with E-state index in [1.807, 2.05) is 0 Å². The molecule has 0 bridgehead atoms. The summed E-state index contributed by atoms with van der Waals surface area (Å²) < 4.78 is 122. The quantitative estimate of drug-likeness (QED) is 0.182. The van der Waals surface area contributed by atoms with Gasteiger partial charge in [-0.05, 0) is 50.1 Å². The number of aromatic nitrogens is 1. The van der Waals surface area contributed by atoms with Gasteiger partial charge in [-0.25, -0.2) is 18.2 Å². The van der Waals surface area contributed by atoms with E-state index < -0.39 is 87.4 Å². The van der Waals surface area contributed by atoms with Crippen LogP contribution >= 0.6 is 0 Å². The number of hydrazine groups is 1. The highest BCUT2D eigenvalue weighted by Crippen LogP contribution is 2.43. The minimum Gasteiger partial charge on any atom is -0.509 e. The number of halogens is 9. The van der Waals surface area contributed by atoms with Gasteiger partial charge in [0.05, 0.1) is 17.6 Å². The van der Waals surface area contributed by atoms with Crippen LogP contribution in [0.1, 0.15) is 36.6 Å². The molecule has 2 aromatic carbocycles. The number of alkyl halides is 6. The minimum absolute atomic E-state index is 0.149. The molecule has 0 spiro atoms. The van der Waals surface area contributed by atoms with E-state index >= 15 is 0 Å². The van der Waals surface area contributed by atoms with Crippen LogP contribution in [0, 0.1) is 17.5 Å². The second-order valence-corrected chi connectivity index (χ2v) is 10.6. The first-order valence-corrected chi connectivity index (χ1v) is 13.1. The summed E-state index contributed by atoms with van der Waals surface area (Å²) in [7, 11) is 0. The maximum atomic E-state index is 14.5. The summed E-state index contributed by atoms with van der Waals surface area (Å²) in [5, 5.41) is 15.6. The highest BCUT2D eigenvalue weighted by atomic mass is 19.4. The van der Waals surface area contributed by atoms with Crippen LogP contribution in [-0.4, -0.2) is 44.0 Å². The number of anilines is 1. The first kappa shape index (κ1) is 31.8. The Morgan fingerprint density at radius 2 is 1.67 bits per heavy atom.